The molecule has 94 valence electrons. The predicted octanol–water partition coefficient (Wildman–Crippen LogP) is 2.93. The maximum atomic E-state index is 12.3. The molecule has 0 amide bonds. The summed E-state index contributed by atoms with van der Waals surface area (Å²) in [6.45, 7) is 0. The van der Waals surface area contributed by atoms with E-state index in [2.05, 4.69) is 10.0 Å². The Bertz CT molecular complexity index is 527. The van der Waals surface area contributed by atoms with Gasteiger partial charge < -0.3 is 5.73 Å². The minimum atomic E-state index is -1.14. The van der Waals surface area contributed by atoms with Crippen LogP contribution in [-0.4, -0.2) is 11.8 Å². The summed E-state index contributed by atoms with van der Waals surface area (Å²) in [5.41, 5.74) is 14.2. The molecule has 0 saturated heterocycles. The first-order valence-electron chi connectivity index (χ1n) is 5.72. The average Bonchev–Trinajstić information content (AvgIpc) is 2.36. The lowest BCUT2D eigenvalue weighted by Crippen LogP contribution is -2.52. The van der Waals surface area contributed by atoms with Crippen molar-refractivity contribution < 1.29 is 4.79 Å². The molecule has 1 aromatic carbocycles. The van der Waals surface area contributed by atoms with Gasteiger partial charge in [0.25, 0.3) is 0 Å². The third kappa shape index (κ3) is 2.08. The molecule has 2 atom stereocenters. The molecule has 0 radical (unpaired) electrons. The topological polar surface area (TPSA) is 91.8 Å². The SMILES string of the molecule is [N-]=[N+]=NC1CCCC(N)(c2ccccc2Cl)C1=O. The Balaban J connectivity index is 2.44. The summed E-state index contributed by atoms with van der Waals surface area (Å²) in [6, 6.07) is 6.34. The van der Waals surface area contributed by atoms with Crippen molar-refractivity contribution in [3.8, 4) is 0 Å². The van der Waals surface area contributed by atoms with E-state index in [0.29, 0.717) is 23.4 Å². The van der Waals surface area contributed by atoms with Crippen LogP contribution < -0.4 is 5.73 Å². The molecule has 0 aromatic heterocycles. The number of carbonyl (C=O) groups excluding carboxylic acids is 1. The summed E-state index contributed by atoms with van der Waals surface area (Å²) in [6.07, 6.45) is 1.80. The normalized spacial score (nSPS) is 27.7. The van der Waals surface area contributed by atoms with E-state index in [4.69, 9.17) is 22.9 Å². The van der Waals surface area contributed by atoms with Crippen LogP contribution in [0, 0.1) is 0 Å². The number of halogens is 1. The quantitative estimate of drug-likeness (QED) is 0.505. The third-order valence-electron chi connectivity index (χ3n) is 3.34. The van der Waals surface area contributed by atoms with Crippen LogP contribution in [0.4, 0.5) is 0 Å². The predicted molar refractivity (Wildman–Crippen MR) is 69.1 cm³/mol. The number of hydrogen-bond donors (Lipinski definition) is 1. The molecule has 1 saturated carbocycles. The smallest absolute Gasteiger partial charge is 0.166 e. The van der Waals surface area contributed by atoms with Crippen molar-refractivity contribution in [1.29, 1.82) is 0 Å². The Morgan fingerprint density at radius 2 is 2.22 bits per heavy atom. The van der Waals surface area contributed by atoms with Gasteiger partial charge in [0.15, 0.2) is 5.78 Å². The molecule has 1 fully saturated rings. The van der Waals surface area contributed by atoms with Gasteiger partial charge in [-0.2, -0.15) is 0 Å². The molecule has 1 aromatic rings. The van der Waals surface area contributed by atoms with Crippen LogP contribution in [0.25, 0.3) is 10.4 Å². The Morgan fingerprint density at radius 3 is 2.89 bits per heavy atom. The van der Waals surface area contributed by atoms with Crippen LogP contribution in [0.2, 0.25) is 5.02 Å². The van der Waals surface area contributed by atoms with E-state index in [-0.39, 0.29) is 5.78 Å². The second-order valence-electron chi connectivity index (χ2n) is 4.43. The van der Waals surface area contributed by atoms with Crippen molar-refractivity contribution in [2.24, 2.45) is 10.8 Å². The highest BCUT2D eigenvalue weighted by atomic mass is 35.5. The fourth-order valence-electron chi connectivity index (χ4n) is 2.39. The Morgan fingerprint density at radius 1 is 1.50 bits per heavy atom. The molecule has 0 heterocycles. The third-order valence-corrected chi connectivity index (χ3v) is 3.67. The minimum absolute atomic E-state index is 0.250. The van der Waals surface area contributed by atoms with Crippen molar-refractivity contribution in [2.75, 3.05) is 0 Å². The number of ketones is 1. The zero-order valence-electron chi connectivity index (χ0n) is 9.71. The molecular formula is C12H13ClN4O. The molecule has 1 aliphatic carbocycles. The van der Waals surface area contributed by atoms with Gasteiger partial charge in [-0.25, -0.2) is 0 Å². The van der Waals surface area contributed by atoms with Gasteiger partial charge in [0.2, 0.25) is 0 Å². The fraction of sp³-hybridized carbons (Fsp3) is 0.417. The van der Waals surface area contributed by atoms with Gasteiger partial charge in [-0.05, 0) is 36.4 Å². The number of hydrogen-bond acceptors (Lipinski definition) is 3. The lowest BCUT2D eigenvalue weighted by atomic mass is 9.74. The standard InChI is InChI=1S/C12H13ClN4O/c13-9-5-2-1-4-8(9)12(14)7-3-6-10(11(12)18)16-17-15/h1-2,4-5,10H,3,6-7,14H2. The lowest BCUT2D eigenvalue weighted by Gasteiger charge is -2.35. The van der Waals surface area contributed by atoms with E-state index in [1.165, 1.54) is 0 Å². The molecule has 0 spiro atoms. The first-order valence-corrected chi connectivity index (χ1v) is 6.10. The molecule has 0 bridgehead atoms. The van der Waals surface area contributed by atoms with Crippen molar-refractivity contribution >= 4 is 17.4 Å². The molecule has 1 aliphatic rings. The van der Waals surface area contributed by atoms with Crippen LogP contribution in [0.1, 0.15) is 24.8 Å². The number of nitrogens with zero attached hydrogens (tertiary/aromatic N) is 3. The highest BCUT2D eigenvalue weighted by Gasteiger charge is 2.43. The Labute approximate surface area is 110 Å². The molecule has 2 unspecified atom stereocenters. The van der Waals surface area contributed by atoms with Gasteiger partial charge in [-0.3, -0.25) is 4.79 Å². The number of Topliss-reactive ketones (excluding diaryl/α,β-unsaturated/α-hetero) is 1. The van der Waals surface area contributed by atoms with Crippen LogP contribution in [0.5, 0.6) is 0 Å². The van der Waals surface area contributed by atoms with Gasteiger partial charge >= 0.3 is 0 Å². The largest absolute Gasteiger partial charge is 0.315 e. The molecule has 5 nitrogen and oxygen atoms in total. The number of nitrogens with two attached hydrogens (primary N) is 1. The van der Waals surface area contributed by atoms with Gasteiger partial charge in [0.1, 0.15) is 5.54 Å². The fourth-order valence-corrected chi connectivity index (χ4v) is 2.69. The zero-order valence-corrected chi connectivity index (χ0v) is 10.5. The molecule has 0 aliphatic heterocycles. The van der Waals surface area contributed by atoms with Crippen molar-refractivity contribution in [3.05, 3.63) is 45.3 Å². The van der Waals surface area contributed by atoms with Crippen molar-refractivity contribution in [1.82, 2.24) is 0 Å². The molecule has 2 rings (SSSR count). The maximum Gasteiger partial charge on any atom is 0.166 e. The second-order valence-corrected chi connectivity index (χ2v) is 4.84. The molecule has 18 heavy (non-hydrogen) atoms. The summed E-state index contributed by atoms with van der Waals surface area (Å²) < 4.78 is 0. The Hall–Kier alpha value is -1.55. The maximum absolute atomic E-state index is 12.3. The molecular weight excluding hydrogens is 252 g/mol. The van der Waals surface area contributed by atoms with Gasteiger partial charge in [0, 0.05) is 9.93 Å². The monoisotopic (exact) mass is 264 g/mol. The van der Waals surface area contributed by atoms with Crippen LogP contribution in [0.15, 0.2) is 29.4 Å². The Kier molecular flexibility index (Phi) is 3.57. The summed E-state index contributed by atoms with van der Waals surface area (Å²) in [5, 5.41) is 3.99. The highest BCUT2D eigenvalue weighted by Crippen LogP contribution is 2.36. The molecule has 6 heteroatoms. The number of carbonyl (C=O) groups is 1. The first kappa shape index (κ1) is 12.9. The van der Waals surface area contributed by atoms with Crippen LogP contribution >= 0.6 is 11.6 Å². The zero-order chi connectivity index (χ0) is 13.2. The van der Waals surface area contributed by atoms with Gasteiger partial charge in [0.05, 0.1) is 6.04 Å². The van der Waals surface area contributed by atoms with Crippen molar-refractivity contribution in [3.63, 3.8) is 0 Å². The van der Waals surface area contributed by atoms with E-state index in [0.717, 1.165) is 6.42 Å². The number of azide groups is 1. The summed E-state index contributed by atoms with van der Waals surface area (Å²) in [7, 11) is 0. The van der Waals surface area contributed by atoms with Gasteiger partial charge in [-0.1, -0.05) is 34.9 Å². The second kappa shape index (κ2) is 4.98. The number of benzene rings is 1. The molecule has 2 N–H and O–H groups in total. The van der Waals surface area contributed by atoms with Crippen LogP contribution in [0.3, 0.4) is 0 Å². The lowest BCUT2D eigenvalue weighted by molar-refractivity contribution is -0.127. The minimum Gasteiger partial charge on any atom is -0.315 e. The highest BCUT2D eigenvalue weighted by molar-refractivity contribution is 6.31. The van der Waals surface area contributed by atoms with E-state index in [9.17, 15) is 4.79 Å². The van der Waals surface area contributed by atoms with E-state index >= 15 is 0 Å². The van der Waals surface area contributed by atoms with E-state index in [1.807, 2.05) is 0 Å². The van der Waals surface area contributed by atoms with E-state index in [1.54, 1.807) is 24.3 Å². The van der Waals surface area contributed by atoms with Crippen LogP contribution in [-0.2, 0) is 10.3 Å². The first-order chi connectivity index (χ1) is 8.59. The summed E-state index contributed by atoms with van der Waals surface area (Å²) >= 11 is 6.10. The van der Waals surface area contributed by atoms with Crippen molar-refractivity contribution in [2.45, 2.75) is 30.8 Å². The number of rotatable bonds is 2. The average molecular weight is 265 g/mol. The van der Waals surface area contributed by atoms with Gasteiger partial charge in [-0.15, -0.1) is 0 Å². The van der Waals surface area contributed by atoms with E-state index < -0.39 is 11.6 Å². The summed E-state index contributed by atoms with van der Waals surface area (Å²) in [4.78, 5) is 15.0. The summed E-state index contributed by atoms with van der Waals surface area (Å²) in [5.74, 6) is -0.250.